The lowest BCUT2D eigenvalue weighted by Gasteiger charge is -2.29. The number of alkyl halides is 3. The third-order valence-electron chi connectivity index (χ3n) is 5.46. The number of hydrogen-bond acceptors (Lipinski definition) is 6. The minimum absolute atomic E-state index is 0.0209. The summed E-state index contributed by atoms with van der Waals surface area (Å²) >= 11 is 0. The van der Waals surface area contributed by atoms with Gasteiger partial charge in [0.2, 0.25) is 5.91 Å². The van der Waals surface area contributed by atoms with Gasteiger partial charge in [0, 0.05) is 24.9 Å². The first kappa shape index (κ1) is 26.6. The van der Waals surface area contributed by atoms with Gasteiger partial charge in [0.1, 0.15) is 16.4 Å². The van der Waals surface area contributed by atoms with Crippen molar-refractivity contribution < 1.29 is 40.6 Å². The summed E-state index contributed by atoms with van der Waals surface area (Å²) in [5, 5.41) is 2.80. The molecule has 2 aromatic rings. The molecule has 0 spiro atoms. The predicted octanol–water partition coefficient (Wildman–Crippen LogP) is 4.93. The molecule has 192 valence electrons. The van der Waals surface area contributed by atoms with Gasteiger partial charge in [-0.05, 0) is 44.0 Å². The first-order valence-electron chi connectivity index (χ1n) is 11.0. The fourth-order valence-corrected chi connectivity index (χ4v) is 5.13. The summed E-state index contributed by atoms with van der Waals surface area (Å²) in [4.78, 5) is 12.6. The van der Waals surface area contributed by atoms with Gasteiger partial charge >= 0.3 is 6.36 Å². The van der Waals surface area contributed by atoms with Crippen LogP contribution < -0.4 is 19.5 Å². The van der Waals surface area contributed by atoms with Gasteiger partial charge in [-0.25, -0.2) is 8.42 Å². The summed E-state index contributed by atoms with van der Waals surface area (Å²) in [6.45, 7) is 1.81. The maximum atomic E-state index is 13.0. The fourth-order valence-electron chi connectivity index (χ4n) is 3.96. The highest BCUT2D eigenvalue weighted by molar-refractivity contribution is 7.92. The molecular formula is C23H27F3N2O6S. The number of rotatable bonds is 9. The van der Waals surface area contributed by atoms with Crippen LogP contribution in [0.15, 0.2) is 47.4 Å². The maximum Gasteiger partial charge on any atom is 0.573 e. The molecule has 1 amide bonds. The molecular weight excluding hydrogens is 489 g/mol. The SMILES string of the molecule is CCOc1cc(NC(=O)[C@H]2CCCC[C@@H]2OC)ccc1S(=O)(=O)Nc1cccc(OC(F)(F)F)c1. The molecule has 2 atom stereocenters. The van der Waals surface area contributed by atoms with Crippen LogP contribution in [0.25, 0.3) is 0 Å². The number of sulfonamides is 1. The Bertz CT molecular complexity index is 1140. The molecule has 0 saturated heterocycles. The van der Waals surface area contributed by atoms with Gasteiger partial charge in [-0.3, -0.25) is 9.52 Å². The number of carbonyl (C=O) groups is 1. The van der Waals surface area contributed by atoms with Crippen LogP contribution in [0.5, 0.6) is 11.5 Å². The molecule has 0 heterocycles. The molecule has 3 rings (SSSR count). The summed E-state index contributed by atoms with van der Waals surface area (Å²) in [5.41, 5.74) is 0.216. The van der Waals surface area contributed by atoms with E-state index in [1.54, 1.807) is 14.0 Å². The van der Waals surface area contributed by atoms with Crippen LogP contribution >= 0.6 is 0 Å². The topological polar surface area (TPSA) is 103 Å². The number of nitrogens with one attached hydrogen (secondary N) is 2. The molecule has 0 aromatic heterocycles. The Hall–Kier alpha value is -2.99. The van der Waals surface area contributed by atoms with Crippen LogP contribution in [0.3, 0.4) is 0 Å². The number of halogens is 3. The summed E-state index contributed by atoms with van der Waals surface area (Å²) in [5.74, 6) is -1.14. The van der Waals surface area contributed by atoms with Crippen LogP contribution in [0.2, 0.25) is 0 Å². The molecule has 0 radical (unpaired) electrons. The number of methoxy groups -OCH3 is 1. The Labute approximate surface area is 201 Å². The van der Waals surface area contributed by atoms with E-state index in [-0.39, 0.29) is 40.9 Å². The number of benzene rings is 2. The molecule has 0 unspecified atom stereocenters. The third kappa shape index (κ3) is 7.25. The number of anilines is 2. The zero-order valence-electron chi connectivity index (χ0n) is 19.2. The standard InChI is InChI=1S/C23H27F3N2O6S/c1-3-33-20-14-15(27-22(29)18-9-4-5-10-19(18)32-2)11-12-21(20)35(30,31)28-16-7-6-8-17(13-16)34-23(24,25)26/h6-8,11-14,18-19,28H,3-5,9-10H2,1-2H3,(H,27,29)/t18-,19-/m0/s1. The molecule has 12 heteroatoms. The highest BCUT2D eigenvalue weighted by atomic mass is 32.2. The summed E-state index contributed by atoms with van der Waals surface area (Å²) in [6, 6.07) is 8.54. The van der Waals surface area contributed by atoms with Crippen molar-refractivity contribution in [3.05, 3.63) is 42.5 Å². The van der Waals surface area contributed by atoms with Crippen LogP contribution in [0, 0.1) is 5.92 Å². The molecule has 1 aliphatic rings. The van der Waals surface area contributed by atoms with E-state index in [4.69, 9.17) is 9.47 Å². The van der Waals surface area contributed by atoms with E-state index in [0.29, 0.717) is 12.1 Å². The van der Waals surface area contributed by atoms with Gasteiger partial charge in [0.05, 0.1) is 24.3 Å². The highest BCUT2D eigenvalue weighted by Gasteiger charge is 2.32. The van der Waals surface area contributed by atoms with E-state index in [1.165, 1.54) is 30.3 Å². The number of amides is 1. The van der Waals surface area contributed by atoms with Crippen molar-refractivity contribution in [1.82, 2.24) is 0 Å². The second-order valence-electron chi connectivity index (χ2n) is 7.93. The monoisotopic (exact) mass is 516 g/mol. The Morgan fingerprint density at radius 1 is 1.09 bits per heavy atom. The van der Waals surface area contributed by atoms with Crippen LogP contribution in [0.4, 0.5) is 24.5 Å². The van der Waals surface area contributed by atoms with Gasteiger partial charge in [0.15, 0.2) is 0 Å². The van der Waals surface area contributed by atoms with Gasteiger partial charge in [0.25, 0.3) is 10.0 Å². The van der Waals surface area contributed by atoms with E-state index in [2.05, 4.69) is 14.8 Å². The van der Waals surface area contributed by atoms with Crippen LogP contribution in [-0.4, -0.2) is 40.5 Å². The molecule has 8 nitrogen and oxygen atoms in total. The number of hydrogen-bond donors (Lipinski definition) is 2. The minimum atomic E-state index is -4.92. The van der Waals surface area contributed by atoms with Crippen molar-refractivity contribution in [2.45, 2.75) is 50.0 Å². The second kappa shape index (κ2) is 11.2. The van der Waals surface area contributed by atoms with Crippen molar-refractivity contribution in [3.63, 3.8) is 0 Å². The second-order valence-corrected chi connectivity index (χ2v) is 9.58. The highest BCUT2D eigenvalue weighted by Crippen LogP contribution is 2.32. The van der Waals surface area contributed by atoms with Gasteiger partial charge in [-0.1, -0.05) is 18.9 Å². The number of ether oxygens (including phenoxy) is 3. The molecule has 1 aliphatic carbocycles. The maximum absolute atomic E-state index is 13.0. The van der Waals surface area contributed by atoms with Crippen molar-refractivity contribution in [2.24, 2.45) is 5.92 Å². The zero-order chi connectivity index (χ0) is 25.6. The Morgan fingerprint density at radius 2 is 1.83 bits per heavy atom. The first-order valence-corrected chi connectivity index (χ1v) is 12.5. The summed E-state index contributed by atoms with van der Waals surface area (Å²) in [6.07, 6.45) is -1.72. The van der Waals surface area contributed by atoms with E-state index in [0.717, 1.165) is 31.4 Å². The van der Waals surface area contributed by atoms with Gasteiger partial charge < -0.3 is 19.5 Å². The smallest absolute Gasteiger partial charge is 0.492 e. The minimum Gasteiger partial charge on any atom is -0.492 e. The van der Waals surface area contributed by atoms with Crippen molar-refractivity contribution in [3.8, 4) is 11.5 Å². The lowest BCUT2D eigenvalue weighted by Crippen LogP contribution is -2.36. The van der Waals surface area contributed by atoms with Crippen LogP contribution in [0.1, 0.15) is 32.6 Å². The lowest BCUT2D eigenvalue weighted by atomic mass is 9.85. The van der Waals surface area contributed by atoms with Crippen molar-refractivity contribution in [2.75, 3.05) is 23.8 Å². The molecule has 0 bridgehead atoms. The average Bonchev–Trinajstić information content (AvgIpc) is 2.78. The van der Waals surface area contributed by atoms with E-state index in [1.807, 2.05) is 0 Å². The molecule has 2 aromatic carbocycles. The van der Waals surface area contributed by atoms with E-state index < -0.39 is 22.1 Å². The first-order chi connectivity index (χ1) is 16.5. The lowest BCUT2D eigenvalue weighted by molar-refractivity contribution is -0.274. The van der Waals surface area contributed by atoms with E-state index >= 15 is 0 Å². The zero-order valence-corrected chi connectivity index (χ0v) is 20.0. The largest absolute Gasteiger partial charge is 0.573 e. The third-order valence-corrected chi connectivity index (χ3v) is 6.88. The predicted molar refractivity (Wildman–Crippen MR) is 123 cm³/mol. The average molecular weight is 517 g/mol. The van der Waals surface area contributed by atoms with Crippen molar-refractivity contribution in [1.29, 1.82) is 0 Å². The number of carbonyl (C=O) groups excluding carboxylic acids is 1. The quantitative estimate of drug-likeness (QED) is 0.490. The molecule has 2 N–H and O–H groups in total. The van der Waals surface area contributed by atoms with Crippen LogP contribution in [-0.2, 0) is 19.6 Å². The molecule has 35 heavy (non-hydrogen) atoms. The van der Waals surface area contributed by atoms with E-state index in [9.17, 15) is 26.4 Å². The summed E-state index contributed by atoms with van der Waals surface area (Å²) in [7, 11) is -2.68. The Kier molecular flexibility index (Phi) is 8.49. The Morgan fingerprint density at radius 3 is 2.51 bits per heavy atom. The molecule has 1 fully saturated rings. The normalized spacial score (nSPS) is 18.5. The Balaban J connectivity index is 1.81. The van der Waals surface area contributed by atoms with Gasteiger partial charge in [-0.15, -0.1) is 13.2 Å². The van der Waals surface area contributed by atoms with Gasteiger partial charge in [-0.2, -0.15) is 0 Å². The fraction of sp³-hybridized carbons (Fsp3) is 0.435. The van der Waals surface area contributed by atoms with Crippen molar-refractivity contribution >= 4 is 27.3 Å². The molecule has 0 aliphatic heterocycles. The summed E-state index contributed by atoms with van der Waals surface area (Å²) < 4.78 is 80.4. The molecule has 1 saturated carbocycles.